The Labute approximate surface area is 81.9 Å². The van der Waals surface area contributed by atoms with E-state index in [0.717, 1.165) is 23.9 Å². The Balaban J connectivity index is 2.20. The van der Waals surface area contributed by atoms with Gasteiger partial charge in [-0.15, -0.1) is 0 Å². The van der Waals surface area contributed by atoms with Crippen LogP contribution in [0.5, 0.6) is 0 Å². The van der Waals surface area contributed by atoms with Crippen LogP contribution in [-0.4, -0.2) is 4.98 Å². The summed E-state index contributed by atoms with van der Waals surface area (Å²) in [5.74, 6) is 0.693. The molecule has 0 spiro atoms. The number of nitrogens with two attached hydrogens (primary N) is 1. The van der Waals surface area contributed by atoms with E-state index in [1.807, 2.05) is 25.1 Å². The van der Waals surface area contributed by atoms with Crippen molar-refractivity contribution in [3.63, 3.8) is 0 Å². The largest absolute Gasteiger partial charge is 0.439 e. The molecule has 0 unspecified atom stereocenters. The monoisotopic (exact) mass is 188 g/mol. The Hall–Kier alpha value is -1.35. The van der Waals surface area contributed by atoms with Crippen LogP contribution in [0.2, 0.25) is 0 Å². The van der Waals surface area contributed by atoms with Crippen molar-refractivity contribution in [3.8, 4) is 0 Å². The highest BCUT2D eigenvalue weighted by Crippen LogP contribution is 2.42. The van der Waals surface area contributed by atoms with Gasteiger partial charge < -0.3 is 10.2 Å². The van der Waals surface area contributed by atoms with Crippen molar-refractivity contribution in [2.24, 2.45) is 5.73 Å². The van der Waals surface area contributed by atoms with E-state index in [2.05, 4.69) is 4.98 Å². The van der Waals surface area contributed by atoms with Crippen molar-refractivity contribution in [2.45, 2.75) is 25.3 Å². The van der Waals surface area contributed by atoms with Gasteiger partial charge in [0.15, 0.2) is 5.58 Å². The molecule has 1 saturated carbocycles. The van der Waals surface area contributed by atoms with Crippen LogP contribution >= 0.6 is 0 Å². The first-order valence-corrected chi connectivity index (χ1v) is 4.84. The van der Waals surface area contributed by atoms with Crippen molar-refractivity contribution in [2.75, 3.05) is 0 Å². The number of hydrogen-bond acceptors (Lipinski definition) is 3. The predicted molar refractivity (Wildman–Crippen MR) is 53.8 cm³/mol. The molecule has 0 amide bonds. The molecule has 2 aromatic rings. The quantitative estimate of drug-likeness (QED) is 0.745. The van der Waals surface area contributed by atoms with Gasteiger partial charge in [0.05, 0.1) is 5.54 Å². The summed E-state index contributed by atoms with van der Waals surface area (Å²) in [5.41, 5.74) is 8.69. The zero-order chi connectivity index (χ0) is 9.76. The number of hydrogen-bond donors (Lipinski definition) is 1. The van der Waals surface area contributed by atoms with E-state index in [4.69, 9.17) is 10.2 Å². The molecular weight excluding hydrogens is 176 g/mol. The summed E-state index contributed by atoms with van der Waals surface area (Å²) in [5, 5.41) is 0. The number of aryl methyl sites for hydroxylation is 1. The van der Waals surface area contributed by atoms with Gasteiger partial charge in [0, 0.05) is 0 Å². The summed E-state index contributed by atoms with van der Waals surface area (Å²) >= 11 is 0. The molecule has 3 rings (SSSR count). The molecule has 3 heteroatoms. The van der Waals surface area contributed by atoms with Gasteiger partial charge in [0.2, 0.25) is 5.89 Å². The first kappa shape index (κ1) is 8.00. The number of rotatable bonds is 1. The molecule has 14 heavy (non-hydrogen) atoms. The van der Waals surface area contributed by atoms with E-state index in [-0.39, 0.29) is 5.54 Å². The number of nitrogens with zero attached hydrogens (tertiary/aromatic N) is 1. The molecule has 1 aliphatic carbocycles. The maximum Gasteiger partial charge on any atom is 0.215 e. The van der Waals surface area contributed by atoms with Crippen molar-refractivity contribution in [1.82, 2.24) is 4.98 Å². The lowest BCUT2D eigenvalue weighted by molar-refractivity contribution is 0.465. The highest BCUT2D eigenvalue weighted by molar-refractivity contribution is 5.73. The number of benzene rings is 1. The van der Waals surface area contributed by atoms with Gasteiger partial charge >= 0.3 is 0 Å². The maximum atomic E-state index is 6.01. The van der Waals surface area contributed by atoms with Crippen molar-refractivity contribution in [3.05, 3.63) is 29.7 Å². The lowest BCUT2D eigenvalue weighted by Gasteiger charge is -1.99. The van der Waals surface area contributed by atoms with Crippen molar-refractivity contribution < 1.29 is 4.42 Å². The van der Waals surface area contributed by atoms with Gasteiger partial charge in [-0.25, -0.2) is 4.98 Å². The second-order valence-corrected chi connectivity index (χ2v) is 4.15. The fourth-order valence-electron chi connectivity index (χ4n) is 1.60. The Morgan fingerprint density at radius 3 is 2.93 bits per heavy atom. The normalized spacial score (nSPS) is 18.7. The molecule has 1 aliphatic rings. The minimum absolute atomic E-state index is 0.271. The van der Waals surface area contributed by atoms with Crippen LogP contribution < -0.4 is 5.73 Å². The molecule has 2 N–H and O–H groups in total. The average Bonchev–Trinajstić information content (AvgIpc) is 2.77. The Morgan fingerprint density at radius 2 is 2.21 bits per heavy atom. The van der Waals surface area contributed by atoms with Crippen LogP contribution in [0.25, 0.3) is 11.1 Å². The molecule has 0 saturated heterocycles. The third kappa shape index (κ3) is 1.06. The molecule has 0 bridgehead atoms. The fourth-order valence-corrected chi connectivity index (χ4v) is 1.60. The molecule has 3 nitrogen and oxygen atoms in total. The lowest BCUT2D eigenvalue weighted by Crippen LogP contribution is -2.18. The summed E-state index contributed by atoms with van der Waals surface area (Å²) in [6.45, 7) is 2.04. The van der Waals surface area contributed by atoms with Crippen molar-refractivity contribution in [1.29, 1.82) is 0 Å². The topological polar surface area (TPSA) is 52.0 Å². The molecule has 1 aromatic carbocycles. The highest BCUT2D eigenvalue weighted by atomic mass is 16.4. The second kappa shape index (κ2) is 2.36. The van der Waals surface area contributed by atoms with E-state index >= 15 is 0 Å². The summed E-state index contributed by atoms with van der Waals surface area (Å²) in [6, 6.07) is 5.99. The molecule has 0 aliphatic heterocycles. The van der Waals surface area contributed by atoms with E-state index in [0.29, 0.717) is 5.89 Å². The minimum Gasteiger partial charge on any atom is -0.439 e. The third-order valence-electron chi connectivity index (χ3n) is 2.76. The van der Waals surface area contributed by atoms with Gasteiger partial charge in [-0.1, -0.05) is 6.07 Å². The molecule has 1 aromatic heterocycles. The van der Waals surface area contributed by atoms with E-state index in [1.54, 1.807) is 0 Å². The average molecular weight is 188 g/mol. The lowest BCUT2D eigenvalue weighted by atomic mass is 10.2. The first-order chi connectivity index (χ1) is 6.67. The SMILES string of the molecule is Cc1ccc2oc(C3(N)CC3)nc2c1. The van der Waals surface area contributed by atoms with Gasteiger partial charge in [0.25, 0.3) is 0 Å². The zero-order valence-corrected chi connectivity index (χ0v) is 8.08. The summed E-state index contributed by atoms with van der Waals surface area (Å²) in [7, 11) is 0. The van der Waals surface area contributed by atoms with Gasteiger partial charge in [-0.05, 0) is 37.5 Å². The van der Waals surface area contributed by atoms with Crippen LogP contribution in [0.15, 0.2) is 22.6 Å². The van der Waals surface area contributed by atoms with Crippen molar-refractivity contribution >= 4 is 11.1 Å². The molecular formula is C11H12N2O. The van der Waals surface area contributed by atoms with Crippen LogP contribution in [0.3, 0.4) is 0 Å². The van der Waals surface area contributed by atoms with E-state index in [1.165, 1.54) is 5.56 Å². The van der Waals surface area contributed by atoms with Crippen LogP contribution in [0, 0.1) is 6.92 Å². The van der Waals surface area contributed by atoms with Gasteiger partial charge in [-0.3, -0.25) is 0 Å². The van der Waals surface area contributed by atoms with Crippen LogP contribution in [0.1, 0.15) is 24.3 Å². The smallest absolute Gasteiger partial charge is 0.215 e. The molecule has 1 heterocycles. The number of fused-ring (bicyclic) bond motifs is 1. The Morgan fingerprint density at radius 1 is 1.43 bits per heavy atom. The number of aromatic nitrogens is 1. The summed E-state index contributed by atoms with van der Waals surface area (Å²) in [6.07, 6.45) is 1.97. The first-order valence-electron chi connectivity index (χ1n) is 4.84. The number of oxazole rings is 1. The third-order valence-corrected chi connectivity index (χ3v) is 2.76. The van der Waals surface area contributed by atoms with Gasteiger partial charge in [-0.2, -0.15) is 0 Å². The molecule has 0 radical (unpaired) electrons. The predicted octanol–water partition coefficient (Wildman–Crippen LogP) is 2.08. The zero-order valence-electron chi connectivity index (χ0n) is 8.08. The van der Waals surface area contributed by atoms with Gasteiger partial charge in [0.1, 0.15) is 5.52 Å². The second-order valence-electron chi connectivity index (χ2n) is 4.15. The minimum atomic E-state index is -0.271. The van der Waals surface area contributed by atoms with E-state index in [9.17, 15) is 0 Å². The highest BCUT2D eigenvalue weighted by Gasteiger charge is 2.44. The van der Waals surface area contributed by atoms with Crippen LogP contribution in [-0.2, 0) is 5.54 Å². The maximum absolute atomic E-state index is 6.01. The molecule has 1 fully saturated rings. The fraction of sp³-hybridized carbons (Fsp3) is 0.364. The summed E-state index contributed by atoms with van der Waals surface area (Å²) in [4.78, 5) is 4.42. The standard InChI is InChI=1S/C11H12N2O/c1-7-2-3-9-8(6-7)13-10(14-9)11(12)4-5-11/h2-3,6H,4-5,12H2,1H3. The van der Waals surface area contributed by atoms with E-state index < -0.39 is 0 Å². The Bertz CT molecular complexity index is 497. The Kier molecular flexibility index (Phi) is 1.35. The summed E-state index contributed by atoms with van der Waals surface area (Å²) < 4.78 is 5.61. The van der Waals surface area contributed by atoms with Crippen LogP contribution in [0.4, 0.5) is 0 Å². The molecule has 72 valence electrons. The molecule has 0 atom stereocenters.